The van der Waals surface area contributed by atoms with Crippen LogP contribution in [0.15, 0.2) is 45.7 Å². The van der Waals surface area contributed by atoms with Crippen molar-refractivity contribution in [3.8, 4) is 23.8 Å². The van der Waals surface area contributed by atoms with Crippen LogP contribution in [0, 0.1) is 29.4 Å². The highest BCUT2D eigenvalue weighted by atomic mass is 35.5. The first kappa shape index (κ1) is 18.8. The summed E-state index contributed by atoms with van der Waals surface area (Å²) in [5.74, 6) is 3.11. The molecule has 0 aliphatic heterocycles. The van der Waals surface area contributed by atoms with Gasteiger partial charge in [-0.1, -0.05) is 23.6 Å². The van der Waals surface area contributed by atoms with E-state index in [9.17, 15) is 14.3 Å². The van der Waals surface area contributed by atoms with E-state index in [0.717, 1.165) is 0 Å². The fraction of sp³-hybridized carbons (Fsp3) is 0.176. The number of halogens is 1. The molecule has 1 atom stereocenters. The highest BCUT2D eigenvalue weighted by Crippen LogP contribution is 2.34. The number of benzene rings is 2. The van der Waals surface area contributed by atoms with Crippen molar-refractivity contribution >= 4 is 27.0 Å². The highest BCUT2D eigenvalue weighted by molar-refractivity contribution is 7.93. The summed E-state index contributed by atoms with van der Waals surface area (Å²) in [4.78, 5) is 10.8. The Morgan fingerprint density at radius 3 is 2.76 bits per heavy atom. The third-order valence-corrected chi connectivity index (χ3v) is 5.37. The van der Waals surface area contributed by atoms with Gasteiger partial charge < -0.3 is 4.74 Å². The summed E-state index contributed by atoms with van der Waals surface area (Å²) < 4.78 is 22.3. The summed E-state index contributed by atoms with van der Waals surface area (Å²) in [5, 5.41) is 10.9. The molecule has 0 bridgehead atoms. The van der Waals surface area contributed by atoms with Crippen molar-refractivity contribution in [1.29, 1.82) is 0 Å². The van der Waals surface area contributed by atoms with Gasteiger partial charge in [-0.25, -0.2) is 8.57 Å². The quantitative estimate of drug-likeness (QED) is 0.437. The summed E-state index contributed by atoms with van der Waals surface area (Å²) in [6.07, 6.45) is 6.65. The second kappa shape index (κ2) is 7.55. The minimum atomic E-state index is -2.64. The maximum absolute atomic E-state index is 12.6. The average molecular weight is 379 g/mol. The first-order valence-corrected chi connectivity index (χ1v) is 9.38. The highest BCUT2D eigenvalue weighted by Gasteiger charge is 2.16. The maximum Gasteiger partial charge on any atom is 0.288 e. The first-order valence-electron chi connectivity index (χ1n) is 7.08. The van der Waals surface area contributed by atoms with Crippen molar-refractivity contribution in [2.24, 2.45) is 4.36 Å². The molecule has 0 amide bonds. The predicted molar refractivity (Wildman–Crippen MR) is 97.8 cm³/mol. The topological polar surface area (TPSA) is 81.8 Å². The molecule has 0 saturated heterocycles. The Kier molecular flexibility index (Phi) is 5.67. The van der Waals surface area contributed by atoms with Crippen LogP contribution in [0.1, 0.15) is 5.56 Å². The molecule has 0 aromatic heterocycles. The van der Waals surface area contributed by atoms with Gasteiger partial charge in [0.1, 0.15) is 23.1 Å². The predicted octanol–water partition coefficient (Wildman–Crippen LogP) is 4.44. The Morgan fingerprint density at radius 2 is 2.12 bits per heavy atom. The van der Waals surface area contributed by atoms with Crippen LogP contribution in [0.3, 0.4) is 0 Å². The number of rotatable bonds is 5. The van der Waals surface area contributed by atoms with Gasteiger partial charge in [0.2, 0.25) is 0 Å². The van der Waals surface area contributed by atoms with Gasteiger partial charge in [-0.05, 0) is 30.7 Å². The van der Waals surface area contributed by atoms with E-state index < -0.39 is 14.7 Å². The molecule has 2 rings (SSSR count). The van der Waals surface area contributed by atoms with Crippen LogP contribution in [-0.4, -0.2) is 21.9 Å². The third kappa shape index (κ3) is 4.50. The van der Waals surface area contributed by atoms with Crippen LogP contribution in [0.5, 0.6) is 11.5 Å². The second-order valence-corrected chi connectivity index (χ2v) is 7.94. The number of nitro benzene ring substituents is 1. The molecule has 1 unspecified atom stereocenters. The molecule has 0 heterocycles. The number of hydrogen-bond donors (Lipinski definition) is 0. The van der Waals surface area contributed by atoms with Gasteiger partial charge in [0, 0.05) is 18.4 Å². The molecule has 0 saturated carbocycles. The third-order valence-electron chi connectivity index (χ3n) is 3.31. The molecule has 2 aromatic carbocycles. The SMILES string of the molecule is C#CCN=S(C)(=O)c1cccc(Oc2cc(Cl)c([N+](=O)[O-])cc2C)c1. The lowest BCUT2D eigenvalue weighted by Gasteiger charge is -2.11. The van der Waals surface area contributed by atoms with E-state index in [-0.39, 0.29) is 17.3 Å². The van der Waals surface area contributed by atoms with E-state index in [1.807, 2.05) is 0 Å². The molecule has 0 fully saturated rings. The van der Waals surface area contributed by atoms with Gasteiger partial charge in [0.25, 0.3) is 5.69 Å². The first-order chi connectivity index (χ1) is 11.7. The van der Waals surface area contributed by atoms with Crippen LogP contribution in [0.4, 0.5) is 5.69 Å². The van der Waals surface area contributed by atoms with E-state index >= 15 is 0 Å². The van der Waals surface area contributed by atoms with Crippen LogP contribution < -0.4 is 4.74 Å². The standard InChI is InChI=1S/C17H15ClN2O4S/c1-4-8-19-25(3,23)14-7-5-6-13(10-14)24-17-11-15(18)16(20(21)22)9-12(17)2/h1,5-7,9-11H,8H2,2-3H3. The summed E-state index contributed by atoms with van der Waals surface area (Å²) in [7, 11) is -2.64. The zero-order valence-electron chi connectivity index (χ0n) is 13.6. The fourth-order valence-corrected chi connectivity index (χ4v) is 3.39. The number of nitro groups is 1. The molecule has 0 radical (unpaired) electrons. The van der Waals surface area contributed by atoms with Crippen molar-refractivity contribution < 1.29 is 13.9 Å². The molecule has 25 heavy (non-hydrogen) atoms. The molecule has 2 aromatic rings. The van der Waals surface area contributed by atoms with Gasteiger partial charge in [-0.15, -0.1) is 6.42 Å². The van der Waals surface area contributed by atoms with Gasteiger partial charge in [0.15, 0.2) is 0 Å². The number of hydrogen-bond acceptors (Lipinski definition) is 5. The summed E-state index contributed by atoms with van der Waals surface area (Å²) in [6, 6.07) is 9.35. The largest absolute Gasteiger partial charge is 0.457 e. The van der Waals surface area contributed by atoms with Crippen LogP contribution in [0.2, 0.25) is 5.02 Å². The molecule has 0 N–H and O–H groups in total. The van der Waals surface area contributed by atoms with Crippen LogP contribution in [-0.2, 0) is 9.73 Å². The van der Waals surface area contributed by atoms with Gasteiger partial charge in [-0.3, -0.25) is 10.1 Å². The number of terminal acetylenes is 1. The number of aryl methyl sites for hydroxylation is 1. The van der Waals surface area contributed by atoms with Crippen molar-refractivity contribution in [3.63, 3.8) is 0 Å². The lowest BCUT2D eigenvalue weighted by Crippen LogP contribution is -1.99. The van der Waals surface area contributed by atoms with E-state index in [4.69, 9.17) is 22.8 Å². The Labute approximate surface area is 151 Å². The van der Waals surface area contributed by atoms with Crippen LogP contribution >= 0.6 is 11.6 Å². The molecular weight excluding hydrogens is 364 g/mol. The van der Waals surface area contributed by atoms with Crippen LogP contribution in [0.25, 0.3) is 0 Å². The Bertz CT molecular complexity index is 989. The van der Waals surface area contributed by atoms with Crippen molar-refractivity contribution in [3.05, 3.63) is 57.1 Å². The zero-order chi connectivity index (χ0) is 18.6. The minimum Gasteiger partial charge on any atom is -0.457 e. The lowest BCUT2D eigenvalue weighted by molar-refractivity contribution is -0.384. The average Bonchev–Trinajstić information content (AvgIpc) is 2.56. The van der Waals surface area contributed by atoms with E-state index in [2.05, 4.69) is 10.3 Å². The Balaban J connectivity index is 2.39. The van der Waals surface area contributed by atoms with Crippen molar-refractivity contribution in [1.82, 2.24) is 0 Å². The summed E-state index contributed by atoms with van der Waals surface area (Å²) >= 11 is 5.92. The second-order valence-electron chi connectivity index (χ2n) is 5.20. The molecule has 6 nitrogen and oxygen atoms in total. The molecule has 0 aliphatic carbocycles. The van der Waals surface area contributed by atoms with Crippen molar-refractivity contribution in [2.75, 3.05) is 12.8 Å². The smallest absolute Gasteiger partial charge is 0.288 e. The van der Waals surface area contributed by atoms with Gasteiger partial charge in [-0.2, -0.15) is 0 Å². The van der Waals surface area contributed by atoms with E-state index in [1.54, 1.807) is 31.2 Å². The molecule has 130 valence electrons. The molecule has 0 aliphatic rings. The minimum absolute atomic E-state index is 0.0231. The normalized spacial score (nSPS) is 12.7. The maximum atomic E-state index is 12.6. The lowest BCUT2D eigenvalue weighted by atomic mass is 10.2. The Hall–Kier alpha value is -2.56. The zero-order valence-corrected chi connectivity index (χ0v) is 15.1. The van der Waals surface area contributed by atoms with E-state index in [0.29, 0.717) is 22.0 Å². The molecule has 8 heteroatoms. The molecule has 0 spiro atoms. The summed E-state index contributed by atoms with van der Waals surface area (Å²) in [6.45, 7) is 1.73. The van der Waals surface area contributed by atoms with Gasteiger partial charge >= 0.3 is 0 Å². The fourth-order valence-electron chi connectivity index (χ4n) is 2.03. The number of ether oxygens (including phenoxy) is 1. The molecular formula is C17H15ClN2O4S. The Morgan fingerprint density at radius 1 is 1.40 bits per heavy atom. The monoisotopic (exact) mass is 378 g/mol. The number of nitrogens with zero attached hydrogens (tertiary/aromatic N) is 2. The summed E-state index contributed by atoms with van der Waals surface area (Å²) in [5.41, 5.74) is 0.362. The van der Waals surface area contributed by atoms with Crippen molar-refractivity contribution in [2.45, 2.75) is 11.8 Å². The van der Waals surface area contributed by atoms with E-state index in [1.165, 1.54) is 18.4 Å². The van der Waals surface area contributed by atoms with Gasteiger partial charge in [0.05, 0.1) is 19.5 Å².